The van der Waals surface area contributed by atoms with Crippen LogP contribution in [0, 0.1) is 4.91 Å². The molecule has 0 amide bonds. The normalized spacial score (nSPS) is 11.0. The van der Waals surface area contributed by atoms with E-state index in [2.05, 4.69) is 28.0 Å². The van der Waals surface area contributed by atoms with E-state index in [9.17, 15) is 10.0 Å². The number of aromatic nitrogens is 1. The first kappa shape index (κ1) is 18.5. The second kappa shape index (κ2) is 8.36. The minimum Gasteiger partial charge on any atom is -0.493 e. The van der Waals surface area contributed by atoms with E-state index >= 15 is 0 Å². The van der Waals surface area contributed by atoms with E-state index in [1.807, 2.05) is 36.4 Å². The Labute approximate surface area is 160 Å². The lowest BCUT2D eigenvalue weighted by Gasteiger charge is -2.13. The van der Waals surface area contributed by atoms with Gasteiger partial charge >= 0.3 is 0 Å². The summed E-state index contributed by atoms with van der Waals surface area (Å²) in [4.78, 5) is 11.2. The van der Waals surface area contributed by atoms with Crippen LogP contribution in [0.3, 0.4) is 0 Å². The van der Waals surface area contributed by atoms with Gasteiger partial charge in [-0.25, -0.2) is 0 Å². The van der Waals surface area contributed by atoms with Crippen molar-refractivity contribution in [3.05, 3.63) is 57.4 Å². The SMILES string of the molecule is CCCCCOc1ccccc1Cn1c(O)c(N=O)c2cc(Br)ccc21. The van der Waals surface area contributed by atoms with E-state index in [0.717, 1.165) is 40.6 Å². The van der Waals surface area contributed by atoms with Crippen molar-refractivity contribution < 1.29 is 9.84 Å². The van der Waals surface area contributed by atoms with Gasteiger partial charge in [0.2, 0.25) is 5.88 Å². The standard InChI is InChI=1S/C20H21BrN2O3/c1-2-3-6-11-26-18-8-5-4-7-14(18)13-23-17-10-9-15(21)12-16(17)19(22-25)20(23)24/h4-5,7-10,12,24H,2-3,6,11,13H2,1H3. The van der Waals surface area contributed by atoms with Crippen LogP contribution in [0.5, 0.6) is 11.6 Å². The molecule has 26 heavy (non-hydrogen) atoms. The molecule has 5 nitrogen and oxygen atoms in total. The maximum Gasteiger partial charge on any atom is 0.222 e. The molecule has 136 valence electrons. The molecular formula is C20H21BrN2O3. The van der Waals surface area contributed by atoms with Crippen molar-refractivity contribution in [3.8, 4) is 11.6 Å². The third-order valence-electron chi connectivity index (χ3n) is 4.37. The first-order chi connectivity index (χ1) is 12.7. The van der Waals surface area contributed by atoms with Crippen molar-refractivity contribution in [1.82, 2.24) is 4.57 Å². The molecule has 0 saturated heterocycles. The Kier molecular flexibility index (Phi) is 5.93. The third-order valence-corrected chi connectivity index (χ3v) is 4.86. The number of rotatable bonds is 8. The van der Waals surface area contributed by atoms with E-state index in [0.29, 0.717) is 18.5 Å². The van der Waals surface area contributed by atoms with Crippen molar-refractivity contribution in [2.75, 3.05) is 6.61 Å². The fourth-order valence-corrected chi connectivity index (χ4v) is 3.39. The lowest BCUT2D eigenvalue weighted by molar-refractivity contribution is 0.302. The number of hydrogen-bond acceptors (Lipinski definition) is 4. The molecule has 0 aliphatic carbocycles. The van der Waals surface area contributed by atoms with Crippen molar-refractivity contribution in [2.24, 2.45) is 5.18 Å². The second-order valence-corrected chi connectivity index (χ2v) is 7.09. The van der Waals surface area contributed by atoms with Gasteiger partial charge in [0.05, 0.1) is 18.7 Å². The lowest BCUT2D eigenvalue weighted by atomic mass is 10.2. The molecule has 1 aromatic heterocycles. The van der Waals surface area contributed by atoms with Crippen LogP contribution in [-0.2, 0) is 6.54 Å². The number of aromatic hydroxyl groups is 1. The van der Waals surface area contributed by atoms with Gasteiger partial charge in [-0.1, -0.05) is 53.9 Å². The van der Waals surface area contributed by atoms with Crippen LogP contribution in [-0.4, -0.2) is 16.3 Å². The molecule has 0 saturated carbocycles. The summed E-state index contributed by atoms with van der Waals surface area (Å²) in [6.07, 6.45) is 3.29. The molecule has 0 bridgehead atoms. The van der Waals surface area contributed by atoms with Gasteiger partial charge in [-0.05, 0) is 35.9 Å². The Morgan fingerprint density at radius 3 is 2.77 bits per heavy atom. The third kappa shape index (κ3) is 3.75. The van der Waals surface area contributed by atoms with Gasteiger partial charge in [-0.2, -0.15) is 0 Å². The van der Waals surface area contributed by atoms with Crippen LogP contribution in [0.15, 0.2) is 52.1 Å². The summed E-state index contributed by atoms with van der Waals surface area (Å²) in [6.45, 7) is 3.21. The van der Waals surface area contributed by atoms with E-state index in [1.165, 1.54) is 0 Å². The van der Waals surface area contributed by atoms with E-state index in [-0.39, 0.29) is 11.6 Å². The molecule has 0 fully saturated rings. The number of benzene rings is 2. The minimum absolute atomic E-state index is 0.0580. The van der Waals surface area contributed by atoms with Crippen molar-refractivity contribution in [3.63, 3.8) is 0 Å². The highest BCUT2D eigenvalue weighted by Crippen LogP contribution is 2.40. The summed E-state index contributed by atoms with van der Waals surface area (Å²) in [5.41, 5.74) is 1.75. The van der Waals surface area contributed by atoms with Gasteiger partial charge in [0.15, 0.2) is 5.69 Å². The first-order valence-corrected chi connectivity index (χ1v) is 9.49. The van der Waals surface area contributed by atoms with Gasteiger partial charge in [-0.15, -0.1) is 4.91 Å². The van der Waals surface area contributed by atoms with Crippen molar-refractivity contribution in [1.29, 1.82) is 0 Å². The van der Waals surface area contributed by atoms with E-state index in [1.54, 1.807) is 10.6 Å². The van der Waals surface area contributed by atoms with E-state index in [4.69, 9.17) is 4.74 Å². The Morgan fingerprint density at radius 2 is 2.00 bits per heavy atom. The van der Waals surface area contributed by atoms with E-state index < -0.39 is 0 Å². The topological polar surface area (TPSA) is 63.8 Å². The molecule has 3 rings (SSSR count). The molecule has 0 atom stereocenters. The fourth-order valence-electron chi connectivity index (χ4n) is 3.03. The molecule has 0 unspecified atom stereocenters. The average Bonchev–Trinajstić information content (AvgIpc) is 2.90. The molecule has 1 N–H and O–H groups in total. The Hall–Kier alpha value is -2.34. The zero-order valence-corrected chi connectivity index (χ0v) is 16.2. The summed E-state index contributed by atoms with van der Waals surface area (Å²) in [7, 11) is 0. The molecule has 0 radical (unpaired) electrons. The number of hydrogen-bond donors (Lipinski definition) is 1. The van der Waals surface area contributed by atoms with Crippen LogP contribution in [0.4, 0.5) is 5.69 Å². The number of para-hydroxylation sites is 1. The molecule has 6 heteroatoms. The van der Waals surface area contributed by atoms with Gasteiger partial charge in [0.1, 0.15) is 5.75 Å². The number of nitrogens with zero attached hydrogens (tertiary/aromatic N) is 2. The summed E-state index contributed by atoms with van der Waals surface area (Å²) >= 11 is 3.39. The number of ether oxygens (including phenoxy) is 1. The van der Waals surface area contributed by atoms with Gasteiger partial charge in [0, 0.05) is 15.4 Å². The summed E-state index contributed by atoms with van der Waals surface area (Å²) < 4.78 is 8.44. The molecule has 0 spiro atoms. The maximum atomic E-state index is 11.2. The zero-order chi connectivity index (χ0) is 18.5. The molecular weight excluding hydrogens is 396 g/mol. The van der Waals surface area contributed by atoms with Crippen LogP contribution in [0.25, 0.3) is 10.9 Å². The van der Waals surface area contributed by atoms with Gasteiger partial charge in [0.25, 0.3) is 0 Å². The van der Waals surface area contributed by atoms with Gasteiger partial charge in [-0.3, -0.25) is 0 Å². The monoisotopic (exact) mass is 416 g/mol. The summed E-state index contributed by atoms with van der Waals surface area (Å²) in [5, 5.41) is 14.2. The first-order valence-electron chi connectivity index (χ1n) is 8.70. The highest BCUT2D eigenvalue weighted by atomic mass is 79.9. The Bertz CT molecular complexity index is 921. The number of nitroso groups, excluding NO2 is 1. The predicted octanol–water partition coefficient (Wildman–Crippen LogP) is 6.12. The Morgan fingerprint density at radius 1 is 1.19 bits per heavy atom. The second-order valence-electron chi connectivity index (χ2n) is 6.17. The van der Waals surface area contributed by atoms with Crippen LogP contribution >= 0.6 is 15.9 Å². The highest BCUT2D eigenvalue weighted by molar-refractivity contribution is 9.10. The predicted molar refractivity (Wildman–Crippen MR) is 107 cm³/mol. The van der Waals surface area contributed by atoms with Crippen LogP contribution < -0.4 is 4.74 Å². The smallest absolute Gasteiger partial charge is 0.222 e. The average molecular weight is 417 g/mol. The molecule has 3 aromatic rings. The fraction of sp³-hybridized carbons (Fsp3) is 0.300. The number of fused-ring (bicyclic) bond motifs is 1. The lowest BCUT2D eigenvalue weighted by Crippen LogP contribution is -2.04. The minimum atomic E-state index is -0.131. The zero-order valence-electron chi connectivity index (χ0n) is 14.6. The summed E-state index contributed by atoms with van der Waals surface area (Å²) in [6, 6.07) is 13.3. The maximum absolute atomic E-state index is 11.2. The largest absolute Gasteiger partial charge is 0.493 e. The number of unbranched alkanes of at least 4 members (excludes halogenated alkanes) is 2. The number of halogens is 1. The molecule has 0 aliphatic heterocycles. The molecule has 1 heterocycles. The molecule has 2 aromatic carbocycles. The summed E-state index contributed by atoms with van der Waals surface area (Å²) in [5.74, 6) is 0.663. The van der Waals surface area contributed by atoms with Crippen LogP contribution in [0.1, 0.15) is 31.7 Å². The quantitative estimate of drug-likeness (QED) is 0.355. The molecule has 0 aliphatic rings. The highest BCUT2D eigenvalue weighted by Gasteiger charge is 2.19. The van der Waals surface area contributed by atoms with Gasteiger partial charge < -0.3 is 14.4 Å². The van der Waals surface area contributed by atoms with Crippen molar-refractivity contribution >= 4 is 32.5 Å². The van der Waals surface area contributed by atoms with Crippen molar-refractivity contribution in [2.45, 2.75) is 32.7 Å². The Balaban J connectivity index is 1.95. The van der Waals surface area contributed by atoms with Crippen LogP contribution in [0.2, 0.25) is 0 Å².